The number of nitrogens with zero attached hydrogens (tertiary/aromatic N) is 3. The molecule has 0 saturated carbocycles. The Morgan fingerprint density at radius 3 is 2.94 bits per heavy atom. The van der Waals surface area contributed by atoms with Crippen molar-refractivity contribution in [3.63, 3.8) is 0 Å². The molecule has 2 heterocycles. The van der Waals surface area contributed by atoms with Crippen LogP contribution in [0.15, 0.2) is 11.6 Å². The van der Waals surface area contributed by atoms with Crippen LogP contribution < -0.4 is 10.1 Å². The quantitative estimate of drug-likeness (QED) is 0.914. The Bertz CT molecular complexity index is 532. The van der Waals surface area contributed by atoms with Crippen molar-refractivity contribution < 1.29 is 4.74 Å². The van der Waals surface area contributed by atoms with E-state index in [9.17, 15) is 0 Å². The van der Waals surface area contributed by atoms with Gasteiger partial charge in [-0.3, -0.25) is 0 Å². The second kappa shape index (κ2) is 5.97. The molecular formula is C11H13ClN4OS. The number of aromatic nitrogens is 3. The van der Waals surface area contributed by atoms with Crippen molar-refractivity contribution in [1.82, 2.24) is 15.0 Å². The molecule has 0 amide bonds. The van der Waals surface area contributed by atoms with Gasteiger partial charge < -0.3 is 10.1 Å². The molecule has 0 fully saturated rings. The minimum Gasteiger partial charge on any atom is -0.467 e. The van der Waals surface area contributed by atoms with Gasteiger partial charge in [-0.1, -0.05) is 11.6 Å². The lowest BCUT2D eigenvalue weighted by atomic mass is 10.4. The van der Waals surface area contributed by atoms with Crippen LogP contribution in [0, 0.1) is 6.92 Å². The monoisotopic (exact) mass is 284 g/mol. The predicted molar refractivity (Wildman–Crippen MR) is 72.6 cm³/mol. The smallest absolute Gasteiger partial charge is 0.318 e. The van der Waals surface area contributed by atoms with Crippen LogP contribution in [0.3, 0.4) is 0 Å². The molecule has 1 N–H and O–H groups in total. The zero-order valence-corrected chi connectivity index (χ0v) is 11.7. The Morgan fingerprint density at radius 1 is 1.44 bits per heavy atom. The first kappa shape index (κ1) is 13.0. The van der Waals surface area contributed by atoms with Crippen LogP contribution in [0.2, 0.25) is 5.02 Å². The fraction of sp³-hybridized carbons (Fsp3) is 0.364. The summed E-state index contributed by atoms with van der Waals surface area (Å²) in [6.45, 7) is 2.70. The Balaban J connectivity index is 1.93. The minimum atomic E-state index is 0.298. The van der Waals surface area contributed by atoms with Gasteiger partial charge in [-0.25, -0.2) is 9.97 Å². The summed E-state index contributed by atoms with van der Waals surface area (Å²) in [6, 6.07) is 0.298. The molecule has 0 aliphatic rings. The van der Waals surface area contributed by atoms with Gasteiger partial charge >= 0.3 is 6.01 Å². The first-order valence-corrected chi connectivity index (χ1v) is 6.66. The summed E-state index contributed by atoms with van der Waals surface area (Å²) < 4.78 is 4.95. The zero-order chi connectivity index (χ0) is 13.0. The molecule has 0 bridgehead atoms. The Labute approximate surface area is 114 Å². The third-order valence-corrected chi connectivity index (χ3v) is 3.51. The molecule has 0 unspecified atom stereocenters. The van der Waals surface area contributed by atoms with Crippen LogP contribution in [0.4, 0.5) is 5.82 Å². The summed E-state index contributed by atoms with van der Waals surface area (Å²) in [5, 5.41) is 6.76. The molecule has 2 aromatic heterocycles. The van der Waals surface area contributed by atoms with Gasteiger partial charge in [0, 0.05) is 24.0 Å². The van der Waals surface area contributed by atoms with Crippen molar-refractivity contribution in [2.24, 2.45) is 0 Å². The topological polar surface area (TPSA) is 59.9 Å². The minimum absolute atomic E-state index is 0.298. The van der Waals surface area contributed by atoms with Gasteiger partial charge in [-0.05, 0) is 6.92 Å². The number of rotatable bonds is 5. The molecule has 96 valence electrons. The van der Waals surface area contributed by atoms with E-state index in [0.29, 0.717) is 23.4 Å². The van der Waals surface area contributed by atoms with Crippen molar-refractivity contribution in [2.75, 3.05) is 19.0 Å². The van der Waals surface area contributed by atoms with E-state index in [2.05, 4.69) is 20.3 Å². The summed E-state index contributed by atoms with van der Waals surface area (Å²) in [5.41, 5.74) is 1.05. The Morgan fingerprint density at radius 2 is 2.28 bits per heavy atom. The molecule has 0 aliphatic carbocycles. The normalized spacial score (nSPS) is 10.4. The molecule has 0 saturated heterocycles. The molecular weight excluding hydrogens is 272 g/mol. The summed E-state index contributed by atoms with van der Waals surface area (Å²) >= 11 is 7.64. The molecule has 18 heavy (non-hydrogen) atoms. The summed E-state index contributed by atoms with van der Waals surface area (Å²) in [7, 11) is 1.52. The zero-order valence-electron chi connectivity index (χ0n) is 10.1. The highest BCUT2D eigenvalue weighted by atomic mass is 35.5. The van der Waals surface area contributed by atoms with Gasteiger partial charge in [0.2, 0.25) is 0 Å². The maximum Gasteiger partial charge on any atom is 0.318 e. The summed E-state index contributed by atoms with van der Waals surface area (Å²) in [6.07, 6.45) is 2.35. The lowest BCUT2D eigenvalue weighted by Crippen LogP contribution is -2.07. The van der Waals surface area contributed by atoms with Gasteiger partial charge in [0.1, 0.15) is 5.02 Å². The fourth-order valence-electron chi connectivity index (χ4n) is 1.38. The number of methoxy groups -OCH3 is 1. The van der Waals surface area contributed by atoms with E-state index >= 15 is 0 Å². The van der Waals surface area contributed by atoms with Gasteiger partial charge in [-0.2, -0.15) is 4.98 Å². The second-order valence-corrected chi connectivity index (χ2v) is 4.96. The third-order valence-electron chi connectivity index (χ3n) is 2.20. The van der Waals surface area contributed by atoms with E-state index < -0.39 is 0 Å². The van der Waals surface area contributed by atoms with E-state index in [1.54, 1.807) is 11.3 Å². The number of hydrogen-bond acceptors (Lipinski definition) is 6. The van der Waals surface area contributed by atoms with Crippen molar-refractivity contribution in [3.05, 3.63) is 27.3 Å². The molecule has 0 spiro atoms. The van der Waals surface area contributed by atoms with Crippen LogP contribution in [0.25, 0.3) is 0 Å². The highest BCUT2D eigenvalue weighted by molar-refractivity contribution is 7.09. The third kappa shape index (κ3) is 3.30. The van der Waals surface area contributed by atoms with Crippen LogP contribution in [-0.4, -0.2) is 28.6 Å². The molecule has 5 nitrogen and oxygen atoms in total. The lowest BCUT2D eigenvalue weighted by Gasteiger charge is -2.07. The molecule has 0 atom stereocenters. The van der Waals surface area contributed by atoms with E-state index in [1.807, 2.05) is 12.3 Å². The molecule has 0 aromatic carbocycles. The summed E-state index contributed by atoms with van der Waals surface area (Å²) in [5.74, 6) is 0.580. The molecule has 0 radical (unpaired) electrons. The molecule has 2 aromatic rings. The van der Waals surface area contributed by atoms with Gasteiger partial charge in [0.25, 0.3) is 0 Å². The standard InChI is InChI=1S/C11H13ClN4OS/c1-7-6-18-9(15-7)3-4-13-10-8(12)5-14-11(16-10)17-2/h5-6H,3-4H2,1-2H3,(H,13,14,16). The first-order chi connectivity index (χ1) is 8.69. The van der Waals surface area contributed by atoms with Crippen LogP contribution in [0.5, 0.6) is 6.01 Å². The Kier molecular flexibility index (Phi) is 4.33. The number of nitrogens with one attached hydrogen (secondary N) is 1. The maximum atomic E-state index is 5.98. The number of ether oxygens (including phenoxy) is 1. The van der Waals surface area contributed by atoms with Crippen molar-refractivity contribution >= 4 is 28.8 Å². The first-order valence-electron chi connectivity index (χ1n) is 5.40. The van der Waals surface area contributed by atoms with E-state index in [0.717, 1.165) is 17.1 Å². The van der Waals surface area contributed by atoms with E-state index in [4.69, 9.17) is 16.3 Å². The number of halogens is 1. The van der Waals surface area contributed by atoms with Crippen molar-refractivity contribution in [1.29, 1.82) is 0 Å². The highest BCUT2D eigenvalue weighted by Gasteiger charge is 2.05. The molecule has 7 heteroatoms. The number of thiazole rings is 1. The largest absolute Gasteiger partial charge is 0.467 e. The van der Waals surface area contributed by atoms with Crippen molar-refractivity contribution in [2.45, 2.75) is 13.3 Å². The SMILES string of the molecule is COc1ncc(Cl)c(NCCc2nc(C)cs2)n1. The maximum absolute atomic E-state index is 5.98. The van der Waals surface area contributed by atoms with Crippen LogP contribution >= 0.6 is 22.9 Å². The van der Waals surface area contributed by atoms with E-state index in [1.165, 1.54) is 13.3 Å². The lowest BCUT2D eigenvalue weighted by molar-refractivity contribution is 0.380. The predicted octanol–water partition coefficient (Wildman–Crippen LogP) is 2.56. The van der Waals surface area contributed by atoms with Gasteiger partial charge in [0.05, 0.1) is 18.3 Å². The van der Waals surface area contributed by atoms with Gasteiger partial charge in [0.15, 0.2) is 5.82 Å². The molecule has 0 aliphatic heterocycles. The average Bonchev–Trinajstić information content (AvgIpc) is 2.77. The highest BCUT2D eigenvalue weighted by Crippen LogP contribution is 2.20. The number of hydrogen-bond donors (Lipinski definition) is 1. The molecule has 2 rings (SSSR count). The summed E-state index contributed by atoms with van der Waals surface area (Å²) in [4.78, 5) is 12.4. The van der Waals surface area contributed by atoms with Crippen molar-refractivity contribution in [3.8, 4) is 6.01 Å². The van der Waals surface area contributed by atoms with E-state index in [-0.39, 0.29) is 0 Å². The van der Waals surface area contributed by atoms with Crippen LogP contribution in [0.1, 0.15) is 10.7 Å². The average molecular weight is 285 g/mol. The fourth-order valence-corrected chi connectivity index (χ4v) is 2.31. The Hall–Kier alpha value is -1.40. The second-order valence-electron chi connectivity index (χ2n) is 3.61. The van der Waals surface area contributed by atoms with Crippen LogP contribution in [-0.2, 0) is 6.42 Å². The number of anilines is 1. The number of aryl methyl sites for hydroxylation is 1. The van der Waals surface area contributed by atoms with Gasteiger partial charge in [-0.15, -0.1) is 11.3 Å².